The topological polar surface area (TPSA) is 66.8 Å². The minimum Gasteiger partial charge on any atom is -0.480 e. The molecule has 1 saturated carbocycles. The minimum absolute atomic E-state index is 0.0961. The lowest BCUT2D eigenvalue weighted by molar-refractivity contribution is -0.143. The van der Waals surface area contributed by atoms with Crippen LogP contribution in [-0.2, 0) is 9.53 Å². The Hall–Kier alpha value is -1.26. The van der Waals surface area contributed by atoms with Crippen LogP contribution in [0.4, 0.5) is 4.79 Å². The number of carbonyl (C=O) groups excluding carboxylic acids is 1. The summed E-state index contributed by atoms with van der Waals surface area (Å²) in [5, 5.41) is 9.42. The van der Waals surface area contributed by atoms with E-state index in [9.17, 15) is 14.7 Å². The van der Waals surface area contributed by atoms with Crippen LogP contribution in [0.15, 0.2) is 0 Å². The van der Waals surface area contributed by atoms with Gasteiger partial charge in [-0.05, 0) is 45.4 Å². The van der Waals surface area contributed by atoms with E-state index in [1.54, 1.807) is 20.8 Å². The molecule has 0 spiro atoms. The maximum Gasteiger partial charge on any atom is 0.411 e. The first-order valence-electron chi connectivity index (χ1n) is 7.02. The molecule has 2 aliphatic rings. The van der Waals surface area contributed by atoms with Crippen molar-refractivity contribution in [2.75, 3.05) is 6.54 Å². The lowest BCUT2D eigenvalue weighted by Crippen LogP contribution is -2.45. The van der Waals surface area contributed by atoms with Crippen molar-refractivity contribution in [1.29, 1.82) is 0 Å². The van der Waals surface area contributed by atoms with Crippen molar-refractivity contribution in [2.45, 2.75) is 58.1 Å². The maximum absolute atomic E-state index is 12.2. The fourth-order valence-electron chi connectivity index (χ4n) is 3.30. The van der Waals surface area contributed by atoms with E-state index in [1.165, 1.54) is 4.90 Å². The summed E-state index contributed by atoms with van der Waals surface area (Å²) in [7, 11) is 0. The summed E-state index contributed by atoms with van der Waals surface area (Å²) in [4.78, 5) is 25.1. The summed E-state index contributed by atoms with van der Waals surface area (Å²) < 4.78 is 5.33. The Morgan fingerprint density at radius 2 is 1.84 bits per heavy atom. The van der Waals surface area contributed by atoms with Crippen molar-refractivity contribution in [1.82, 2.24) is 4.90 Å². The number of fused-ring (bicyclic) bond motifs is 1. The zero-order valence-electron chi connectivity index (χ0n) is 11.9. The van der Waals surface area contributed by atoms with Crippen LogP contribution in [0.3, 0.4) is 0 Å². The van der Waals surface area contributed by atoms with E-state index < -0.39 is 23.7 Å². The van der Waals surface area contributed by atoms with Crippen molar-refractivity contribution in [2.24, 2.45) is 11.8 Å². The van der Waals surface area contributed by atoms with Crippen LogP contribution in [-0.4, -0.2) is 40.3 Å². The Labute approximate surface area is 113 Å². The van der Waals surface area contributed by atoms with Gasteiger partial charge in [-0.3, -0.25) is 4.90 Å². The van der Waals surface area contributed by atoms with Crippen molar-refractivity contribution in [3.8, 4) is 0 Å². The Bertz CT molecular complexity index is 374. The summed E-state index contributed by atoms with van der Waals surface area (Å²) in [6, 6.07) is -0.708. The van der Waals surface area contributed by atoms with Crippen molar-refractivity contribution in [3.05, 3.63) is 0 Å². The first kappa shape index (κ1) is 14.2. The number of carboxylic acids is 1. The third-order valence-electron chi connectivity index (χ3n) is 4.02. The van der Waals surface area contributed by atoms with E-state index in [-0.39, 0.29) is 5.92 Å². The van der Waals surface area contributed by atoms with Gasteiger partial charge in [-0.15, -0.1) is 0 Å². The molecule has 0 radical (unpaired) electrons. The van der Waals surface area contributed by atoms with E-state index >= 15 is 0 Å². The number of carboxylic acid groups (broad SMARTS) is 1. The Morgan fingerprint density at radius 1 is 1.21 bits per heavy atom. The number of hydrogen-bond donors (Lipinski definition) is 1. The van der Waals surface area contributed by atoms with Gasteiger partial charge >= 0.3 is 12.1 Å². The fourth-order valence-corrected chi connectivity index (χ4v) is 3.30. The van der Waals surface area contributed by atoms with Gasteiger partial charge in [0.2, 0.25) is 0 Å². The molecule has 2 fully saturated rings. The molecule has 2 rings (SSSR count). The standard InChI is InChI=1S/C14H23NO4/c1-14(2,3)19-13(18)15-8-9-6-4-5-7-10(9)11(15)12(16)17/h9-11H,4-8H2,1-3H3,(H,16,17)/t9-,10-,11?/m0/s1. The first-order chi connectivity index (χ1) is 8.79. The molecule has 3 atom stereocenters. The third-order valence-corrected chi connectivity index (χ3v) is 4.02. The summed E-state index contributed by atoms with van der Waals surface area (Å²) >= 11 is 0. The first-order valence-corrected chi connectivity index (χ1v) is 7.02. The molecule has 0 aromatic rings. The molecular weight excluding hydrogens is 246 g/mol. The van der Waals surface area contributed by atoms with Crippen LogP contribution in [0, 0.1) is 11.8 Å². The van der Waals surface area contributed by atoms with E-state index in [2.05, 4.69) is 0 Å². The summed E-state index contributed by atoms with van der Waals surface area (Å²) in [5.74, 6) is -0.485. The van der Waals surface area contributed by atoms with Gasteiger partial charge in [0, 0.05) is 6.54 Å². The fraction of sp³-hybridized carbons (Fsp3) is 0.857. The SMILES string of the molecule is CC(C)(C)OC(=O)N1C[C@@H]2CCCC[C@@H]2C1C(=O)O. The highest BCUT2D eigenvalue weighted by Crippen LogP contribution is 2.41. The average molecular weight is 269 g/mol. The zero-order valence-corrected chi connectivity index (χ0v) is 11.9. The number of aliphatic carboxylic acids is 1. The molecule has 1 aliphatic heterocycles. The van der Waals surface area contributed by atoms with Crippen LogP contribution < -0.4 is 0 Å². The highest BCUT2D eigenvalue weighted by Gasteiger charge is 2.49. The van der Waals surface area contributed by atoms with Crippen LogP contribution in [0.25, 0.3) is 0 Å². The zero-order chi connectivity index (χ0) is 14.2. The number of ether oxygens (including phenoxy) is 1. The molecule has 108 valence electrons. The quantitative estimate of drug-likeness (QED) is 0.794. The molecule has 1 saturated heterocycles. The number of nitrogens with zero attached hydrogens (tertiary/aromatic N) is 1. The third kappa shape index (κ3) is 3.01. The van der Waals surface area contributed by atoms with Crippen LogP contribution in [0.1, 0.15) is 46.5 Å². The lowest BCUT2D eigenvalue weighted by atomic mass is 9.78. The molecule has 5 heteroatoms. The van der Waals surface area contributed by atoms with Gasteiger partial charge in [-0.1, -0.05) is 12.8 Å². The molecule has 0 aromatic carbocycles. The van der Waals surface area contributed by atoms with Gasteiger partial charge in [-0.25, -0.2) is 9.59 Å². The Morgan fingerprint density at radius 3 is 2.42 bits per heavy atom. The lowest BCUT2D eigenvalue weighted by Gasteiger charge is -2.29. The van der Waals surface area contributed by atoms with Gasteiger partial charge in [0.1, 0.15) is 11.6 Å². The molecule has 0 aromatic heterocycles. The Balaban J connectivity index is 2.14. The van der Waals surface area contributed by atoms with Crippen LogP contribution in [0.5, 0.6) is 0 Å². The van der Waals surface area contributed by atoms with Crippen molar-refractivity contribution < 1.29 is 19.4 Å². The largest absolute Gasteiger partial charge is 0.480 e. The molecule has 19 heavy (non-hydrogen) atoms. The molecule has 1 unspecified atom stereocenters. The molecular formula is C14H23NO4. The smallest absolute Gasteiger partial charge is 0.411 e. The maximum atomic E-state index is 12.2. The summed E-state index contributed by atoms with van der Waals surface area (Å²) in [5.41, 5.74) is -0.589. The predicted octanol–water partition coefficient (Wildman–Crippen LogP) is 2.50. The molecule has 5 nitrogen and oxygen atoms in total. The van der Waals surface area contributed by atoms with E-state index in [1.807, 2.05) is 0 Å². The highest BCUT2D eigenvalue weighted by molar-refractivity contribution is 5.81. The molecule has 1 amide bonds. The Kier molecular flexibility index (Phi) is 3.74. The highest BCUT2D eigenvalue weighted by atomic mass is 16.6. The molecule has 1 aliphatic carbocycles. The van der Waals surface area contributed by atoms with E-state index in [4.69, 9.17) is 4.74 Å². The minimum atomic E-state index is -0.903. The number of hydrogen-bond acceptors (Lipinski definition) is 3. The van der Waals surface area contributed by atoms with E-state index in [0.717, 1.165) is 25.7 Å². The predicted molar refractivity (Wildman–Crippen MR) is 69.8 cm³/mol. The van der Waals surface area contributed by atoms with Crippen LogP contribution in [0.2, 0.25) is 0 Å². The van der Waals surface area contributed by atoms with E-state index in [0.29, 0.717) is 12.5 Å². The molecule has 1 N–H and O–H groups in total. The second kappa shape index (κ2) is 5.02. The van der Waals surface area contributed by atoms with Crippen LogP contribution >= 0.6 is 0 Å². The second-order valence-electron chi connectivity index (χ2n) is 6.62. The normalized spacial score (nSPS) is 30.9. The van der Waals surface area contributed by atoms with Gasteiger partial charge in [0.15, 0.2) is 0 Å². The van der Waals surface area contributed by atoms with Gasteiger partial charge in [-0.2, -0.15) is 0 Å². The van der Waals surface area contributed by atoms with Gasteiger partial charge in [0.05, 0.1) is 0 Å². The number of carbonyl (C=O) groups is 2. The van der Waals surface area contributed by atoms with Gasteiger partial charge < -0.3 is 9.84 Å². The van der Waals surface area contributed by atoms with Gasteiger partial charge in [0.25, 0.3) is 0 Å². The number of amides is 1. The number of likely N-dealkylation sites (tertiary alicyclic amines) is 1. The summed E-state index contributed by atoms with van der Waals surface area (Å²) in [6.45, 7) is 5.91. The summed E-state index contributed by atoms with van der Waals surface area (Å²) in [6.07, 6.45) is 3.63. The molecule has 1 heterocycles. The van der Waals surface area contributed by atoms with Crippen molar-refractivity contribution >= 4 is 12.1 Å². The molecule has 0 bridgehead atoms. The second-order valence-corrected chi connectivity index (χ2v) is 6.62. The van der Waals surface area contributed by atoms with Crippen molar-refractivity contribution in [3.63, 3.8) is 0 Å². The monoisotopic (exact) mass is 269 g/mol. The average Bonchev–Trinajstić information content (AvgIpc) is 2.65. The number of rotatable bonds is 1.